The summed E-state index contributed by atoms with van der Waals surface area (Å²) in [4.78, 5) is 12.9. The van der Waals surface area contributed by atoms with Gasteiger partial charge in [-0.15, -0.1) is 0 Å². The minimum Gasteiger partial charge on any atom is -0.322 e. The van der Waals surface area contributed by atoms with E-state index in [-0.39, 0.29) is 10.8 Å². The normalized spacial score (nSPS) is 11.1. The van der Waals surface area contributed by atoms with E-state index in [0.717, 1.165) is 22.4 Å². The van der Waals surface area contributed by atoms with Crippen LogP contribution in [0.4, 0.5) is 11.4 Å². The van der Waals surface area contributed by atoms with Crippen LogP contribution in [0.3, 0.4) is 0 Å². The molecule has 5 nitrogen and oxygen atoms in total. The molecule has 0 saturated heterocycles. The fraction of sp³-hybridized carbons (Fsp3) is 0.0741. The molecule has 166 valence electrons. The minimum atomic E-state index is -3.76. The molecule has 0 fully saturated rings. The van der Waals surface area contributed by atoms with E-state index in [0.29, 0.717) is 17.7 Å². The number of hydrogen-bond donors (Lipinski definition) is 2. The maximum Gasteiger partial charge on any atom is 0.261 e. The van der Waals surface area contributed by atoms with Crippen LogP contribution in [-0.4, -0.2) is 14.3 Å². The molecular formula is C27H24N2O3S. The molecule has 0 atom stereocenters. The van der Waals surface area contributed by atoms with Gasteiger partial charge in [0.1, 0.15) is 0 Å². The Bertz CT molecular complexity index is 1370. The van der Waals surface area contributed by atoms with Crippen molar-refractivity contribution in [3.05, 3.63) is 125 Å². The summed E-state index contributed by atoms with van der Waals surface area (Å²) >= 11 is 0. The van der Waals surface area contributed by atoms with E-state index in [1.54, 1.807) is 12.1 Å². The summed E-state index contributed by atoms with van der Waals surface area (Å²) in [5.74, 6) is -0.300. The molecule has 6 heteroatoms. The Balaban J connectivity index is 1.49. The molecule has 33 heavy (non-hydrogen) atoms. The lowest BCUT2D eigenvalue weighted by Gasteiger charge is -2.12. The second kappa shape index (κ2) is 9.71. The van der Waals surface area contributed by atoms with Crippen molar-refractivity contribution >= 4 is 27.3 Å². The zero-order chi connectivity index (χ0) is 23.3. The number of benzene rings is 4. The van der Waals surface area contributed by atoms with E-state index in [2.05, 4.69) is 10.0 Å². The molecule has 0 aromatic heterocycles. The fourth-order valence-electron chi connectivity index (χ4n) is 3.48. The first-order valence-corrected chi connectivity index (χ1v) is 12.0. The summed E-state index contributed by atoms with van der Waals surface area (Å²) in [7, 11) is -3.76. The molecule has 0 unspecified atom stereocenters. The zero-order valence-electron chi connectivity index (χ0n) is 18.2. The van der Waals surface area contributed by atoms with Gasteiger partial charge in [-0.25, -0.2) is 8.42 Å². The lowest BCUT2D eigenvalue weighted by atomic mass is 10.0. The van der Waals surface area contributed by atoms with Crippen molar-refractivity contribution in [2.75, 3.05) is 10.0 Å². The molecule has 0 bridgehead atoms. The highest BCUT2D eigenvalue weighted by Crippen LogP contribution is 2.22. The van der Waals surface area contributed by atoms with E-state index in [1.165, 1.54) is 24.3 Å². The standard InChI is InChI=1S/C27H24N2O3S/c1-20-9-5-7-13-25(20)29-33(31,32)24-17-15-22(16-18-24)27(30)28-26-14-8-6-12-23(26)19-21-10-3-2-4-11-21/h2-18,29H,19H2,1H3,(H,28,30). The van der Waals surface area contributed by atoms with E-state index < -0.39 is 10.0 Å². The SMILES string of the molecule is Cc1ccccc1NS(=O)(=O)c1ccc(C(=O)Nc2ccccc2Cc2ccccc2)cc1. The number of anilines is 2. The Morgan fingerprint density at radius 2 is 1.33 bits per heavy atom. The Kier molecular flexibility index (Phi) is 6.56. The van der Waals surface area contributed by atoms with Crippen LogP contribution < -0.4 is 10.0 Å². The highest BCUT2D eigenvalue weighted by Gasteiger charge is 2.16. The maximum absolute atomic E-state index is 12.8. The maximum atomic E-state index is 12.8. The first kappa shape index (κ1) is 22.3. The predicted molar refractivity (Wildman–Crippen MR) is 132 cm³/mol. The number of para-hydroxylation sites is 2. The van der Waals surface area contributed by atoms with E-state index >= 15 is 0 Å². The monoisotopic (exact) mass is 456 g/mol. The van der Waals surface area contributed by atoms with Crippen LogP contribution in [0.2, 0.25) is 0 Å². The van der Waals surface area contributed by atoms with Crippen LogP contribution >= 0.6 is 0 Å². The Morgan fingerprint density at radius 3 is 2.03 bits per heavy atom. The van der Waals surface area contributed by atoms with Gasteiger partial charge in [-0.2, -0.15) is 0 Å². The van der Waals surface area contributed by atoms with Crippen LogP contribution in [0.15, 0.2) is 108 Å². The first-order chi connectivity index (χ1) is 15.9. The van der Waals surface area contributed by atoms with Crippen LogP contribution in [0.1, 0.15) is 27.0 Å². The molecule has 1 amide bonds. The summed E-state index contributed by atoms with van der Waals surface area (Å²) in [5, 5.41) is 2.95. The van der Waals surface area contributed by atoms with Crippen LogP contribution in [0.25, 0.3) is 0 Å². The predicted octanol–water partition coefficient (Wildman–Crippen LogP) is 5.64. The number of nitrogens with one attached hydrogen (secondary N) is 2. The number of aryl methyl sites for hydroxylation is 1. The molecule has 4 aromatic rings. The largest absolute Gasteiger partial charge is 0.322 e. The van der Waals surface area contributed by atoms with Gasteiger partial charge in [-0.3, -0.25) is 9.52 Å². The van der Waals surface area contributed by atoms with Gasteiger partial charge in [0.25, 0.3) is 15.9 Å². The average molecular weight is 457 g/mol. The molecule has 0 aliphatic rings. The summed E-state index contributed by atoms with van der Waals surface area (Å²) < 4.78 is 28.1. The van der Waals surface area contributed by atoms with Crippen molar-refractivity contribution in [1.29, 1.82) is 0 Å². The number of sulfonamides is 1. The summed E-state index contributed by atoms with van der Waals surface area (Å²) in [6.45, 7) is 1.83. The van der Waals surface area contributed by atoms with Crippen molar-refractivity contribution in [1.82, 2.24) is 0 Å². The molecule has 0 aliphatic heterocycles. The third-order valence-electron chi connectivity index (χ3n) is 5.32. The van der Waals surface area contributed by atoms with Crippen LogP contribution in [-0.2, 0) is 16.4 Å². The Morgan fingerprint density at radius 1 is 0.727 bits per heavy atom. The number of carbonyl (C=O) groups is 1. The van der Waals surface area contributed by atoms with Gasteiger partial charge >= 0.3 is 0 Å². The molecule has 0 saturated carbocycles. The molecule has 0 radical (unpaired) electrons. The first-order valence-electron chi connectivity index (χ1n) is 10.5. The van der Waals surface area contributed by atoms with Crippen LogP contribution in [0, 0.1) is 6.92 Å². The molecule has 0 heterocycles. The quantitative estimate of drug-likeness (QED) is 0.378. The fourth-order valence-corrected chi connectivity index (χ4v) is 4.61. The van der Waals surface area contributed by atoms with E-state index in [9.17, 15) is 13.2 Å². The second-order valence-electron chi connectivity index (χ2n) is 7.72. The van der Waals surface area contributed by atoms with Gasteiger partial charge in [-0.1, -0.05) is 66.7 Å². The summed E-state index contributed by atoms with van der Waals surface area (Å²) in [5.41, 5.74) is 4.60. The Labute approximate surface area is 194 Å². The van der Waals surface area contributed by atoms with Crippen molar-refractivity contribution in [2.45, 2.75) is 18.2 Å². The van der Waals surface area contributed by atoms with Crippen molar-refractivity contribution in [2.24, 2.45) is 0 Å². The molecule has 0 aliphatic carbocycles. The van der Waals surface area contributed by atoms with Gasteiger partial charge in [0.05, 0.1) is 10.6 Å². The highest BCUT2D eigenvalue weighted by atomic mass is 32.2. The number of amides is 1. The number of hydrogen-bond acceptors (Lipinski definition) is 3. The average Bonchev–Trinajstić information content (AvgIpc) is 2.82. The van der Waals surface area contributed by atoms with Gasteiger partial charge < -0.3 is 5.32 Å². The topological polar surface area (TPSA) is 75.3 Å². The summed E-state index contributed by atoms with van der Waals surface area (Å²) in [6, 6.07) is 30.8. The molecule has 0 spiro atoms. The number of rotatable bonds is 7. The van der Waals surface area contributed by atoms with E-state index in [4.69, 9.17) is 0 Å². The van der Waals surface area contributed by atoms with Gasteiger partial charge in [-0.05, 0) is 66.4 Å². The minimum absolute atomic E-state index is 0.0896. The number of carbonyl (C=O) groups excluding carboxylic acids is 1. The summed E-state index contributed by atoms with van der Waals surface area (Å²) in [6.07, 6.45) is 0.693. The molecular weight excluding hydrogens is 432 g/mol. The highest BCUT2D eigenvalue weighted by molar-refractivity contribution is 7.92. The van der Waals surface area contributed by atoms with Gasteiger partial charge in [0.15, 0.2) is 0 Å². The third-order valence-corrected chi connectivity index (χ3v) is 6.70. The second-order valence-corrected chi connectivity index (χ2v) is 9.40. The molecule has 2 N–H and O–H groups in total. The Hall–Kier alpha value is -3.90. The molecule has 4 aromatic carbocycles. The van der Waals surface area contributed by atoms with E-state index in [1.807, 2.05) is 73.7 Å². The van der Waals surface area contributed by atoms with Crippen molar-refractivity contribution < 1.29 is 13.2 Å². The lowest BCUT2D eigenvalue weighted by Crippen LogP contribution is -2.15. The van der Waals surface area contributed by atoms with Crippen molar-refractivity contribution in [3.8, 4) is 0 Å². The smallest absolute Gasteiger partial charge is 0.261 e. The van der Waals surface area contributed by atoms with Gasteiger partial charge in [0.2, 0.25) is 0 Å². The van der Waals surface area contributed by atoms with Gasteiger partial charge in [0, 0.05) is 11.3 Å². The van der Waals surface area contributed by atoms with Crippen LogP contribution in [0.5, 0.6) is 0 Å². The lowest BCUT2D eigenvalue weighted by molar-refractivity contribution is 0.102. The van der Waals surface area contributed by atoms with Crippen molar-refractivity contribution in [3.63, 3.8) is 0 Å². The third kappa shape index (κ3) is 5.48. The molecule has 4 rings (SSSR count). The zero-order valence-corrected chi connectivity index (χ0v) is 19.0.